The Bertz CT molecular complexity index is 1410. The van der Waals surface area contributed by atoms with Crippen molar-refractivity contribution in [3.05, 3.63) is 53.7 Å². The van der Waals surface area contributed by atoms with E-state index < -0.39 is 0 Å². The summed E-state index contributed by atoms with van der Waals surface area (Å²) in [6.45, 7) is 9.38. The largest absolute Gasteiger partial charge is 0.336 e. The van der Waals surface area contributed by atoms with E-state index >= 15 is 0 Å². The minimum atomic E-state index is -0.212. The minimum absolute atomic E-state index is 0.0345. The van der Waals surface area contributed by atoms with Gasteiger partial charge in [-0.3, -0.25) is 9.69 Å². The average molecular weight is 518 g/mol. The number of hydrogen-bond acceptors (Lipinski definition) is 7. The molecule has 0 saturated carbocycles. The molecule has 1 aliphatic rings. The van der Waals surface area contributed by atoms with Crippen molar-refractivity contribution in [3.8, 4) is 21.8 Å². The number of amides is 2. The lowest BCUT2D eigenvalue weighted by Crippen LogP contribution is -2.33. The highest BCUT2D eigenvalue weighted by molar-refractivity contribution is 7.13. The van der Waals surface area contributed by atoms with Crippen molar-refractivity contribution < 1.29 is 9.59 Å². The standard InChI is InChI=1S/C27H31N7O2S/c1-4-32(5-2)18(3)8-9-23(35)19-15-22(30-25(16-19)33-13-11-28-27(33)36)20-17-29-34-12-10-21(31-26(20)34)24-7-6-14-37-24/h6-7,10,12,14-18H,4-5,8-9,11,13H2,1-3H3,(H,28,36)/t18-/m0/s1. The summed E-state index contributed by atoms with van der Waals surface area (Å²) in [6.07, 6.45) is 4.77. The van der Waals surface area contributed by atoms with Crippen LogP contribution < -0.4 is 10.2 Å². The summed E-state index contributed by atoms with van der Waals surface area (Å²) in [4.78, 5) is 40.5. The Balaban J connectivity index is 1.52. The number of anilines is 1. The van der Waals surface area contributed by atoms with Gasteiger partial charge in [-0.05, 0) is 56.1 Å². The average Bonchev–Trinajstić information content (AvgIpc) is 3.68. The zero-order chi connectivity index (χ0) is 25.9. The number of thiophene rings is 1. The van der Waals surface area contributed by atoms with Crippen LogP contribution in [0, 0.1) is 0 Å². The molecule has 192 valence electrons. The van der Waals surface area contributed by atoms with Crippen molar-refractivity contribution in [2.24, 2.45) is 0 Å². The summed E-state index contributed by atoms with van der Waals surface area (Å²) in [5.41, 5.74) is 3.32. The number of pyridine rings is 1. The molecule has 0 aromatic carbocycles. The fourth-order valence-corrected chi connectivity index (χ4v) is 5.46. The molecule has 1 saturated heterocycles. The number of urea groups is 1. The molecule has 1 aliphatic heterocycles. The van der Waals surface area contributed by atoms with Gasteiger partial charge in [-0.2, -0.15) is 5.10 Å². The van der Waals surface area contributed by atoms with E-state index in [9.17, 15) is 9.59 Å². The number of ketones is 1. The third-order valence-electron chi connectivity index (χ3n) is 6.91. The second kappa shape index (κ2) is 10.8. The Labute approximate surface area is 220 Å². The first-order valence-corrected chi connectivity index (χ1v) is 13.6. The molecule has 1 N–H and O–H groups in total. The molecule has 0 bridgehead atoms. The van der Waals surface area contributed by atoms with Crippen LogP contribution in [0.1, 0.15) is 44.0 Å². The Morgan fingerprint density at radius 2 is 2.03 bits per heavy atom. The van der Waals surface area contributed by atoms with Crippen molar-refractivity contribution in [1.29, 1.82) is 0 Å². The number of carbonyl (C=O) groups excluding carboxylic acids is 2. The molecule has 10 heteroatoms. The van der Waals surface area contributed by atoms with Crippen molar-refractivity contribution in [1.82, 2.24) is 29.8 Å². The highest BCUT2D eigenvalue weighted by atomic mass is 32.1. The second-order valence-electron chi connectivity index (χ2n) is 9.13. The van der Waals surface area contributed by atoms with E-state index in [1.807, 2.05) is 29.8 Å². The van der Waals surface area contributed by atoms with Gasteiger partial charge in [0.15, 0.2) is 11.4 Å². The quantitative estimate of drug-likeness (QED) is 0.305. The van der Waals surface area contributed by atoms with E-state index in [2.05, 4.69) is 36.1 Å². The molecule has 1 atom stereocenters. The molecule has 5 rings (SSSR count). The summed E-state index contributed by atoms with van der Waals surface area (Å²) >= 11 is 1.62. The SMILES string of the molecule is CCN(CC)[C@@H](C)CCC(=O)c1cc(-c2cnn3ccc(-c4cccs4)nc23)nc(N2CCNC2=O)c1. The molecule has 2 amide bonds. The molecule has 4 aromatic heterocycles. The van der Waals surface area contributed by atoms with Crippen LogP contribution in [-0.2, 0) is 0 Å². The third kappa shape index (κ3) is 5.12. The van der Waals surface area contributed by atoms with Crippen LogP contribution in [-0.4, -0.2) is 68.5 Å². The lowest BCUT2D eigenvalue weighted by Gasteiger charge is -2.26. The van der Waals surface area contributed by atoms with Crippen LogP contribution in [0.15, 0.2) is 48.1 Å². The van der Waals surface area contributed by atoms with Crippen LogP contribution >= 0.6 is 11.3 Å². The molecule has 0 spiro atoms. The second-order valence-corrected chi connectivity index (χ2v) is 10.1. The van der Waals surface area contributed by atoms with Crippen molar-refractivity contribution in [2.45, 2.75) is 39.7 Å². The van der Waals surface area contributed by atoms with Crippen LogP contribution in [0.2, 0.25) is 0 Å². The summed E-state index contributed by atoms with van der Waals surface area (Å²) in [7, 11) is 0. The molecule has 1 fully saturated rings. The van der Waals surface area contributed by atoms with Crippen LogP contribution in [0.3, 0.4) is 0 Å². The lowest BCUT2D eigenvalue weighted by molar-refractivity contribution is 0.0964. The van der Waals surface area contributed by atoms with Gasteiger partial charge < -0.3 is 10.2 Å². The van der Waals surface area contributed by atoms with Gasteiger partial charge in [0, 0.05) is 37.3 Å². The van der Waals surface area contributed by atoms with Gasteiger partial charge in [-0.15, -0.1) is 11.3 Å². The first kappa shape index (κ1) is 25.0. The van der Waals surface area contributed by atoms with Gasteiger partial charge in [0.25, 0.3) is 0 Å². The smallest absolute Gasteiger partial charge is 0.323 e. The first-order valence-electron chi connectivity index (χ1n) is 12.7. The van der Waals surface area contributed by atoms with Gasteiger partial charge in [-0.1, -0.05) is 19.9 Å². The molecular weight excluding hydrogens is 486 g/mol. The summed E-state index contributed by atoms with van der Waals surface area (Å²) in [6, 6.07) is 9.59. The number of fused-ring (bicyclic) bond motifs is 1. The summed E-state index contributed by atoms with van der Waals surface area (Å²) < 4.78 is 1.70. The normalized spacial score (nSPS) is 14.5. The fraction of sp³-hybridized carbons (Fsp3) is 0.370. The molecule has 5 heterocycles. The highest BCUT2D eigenvalue weighted by Gasteiger charge is 2.25. The molecule has 9 nitrogen and oxygen atoms in total. The van der Waals surface area contributed by atoms with Crippen molar-refractivity contribution >= 4 is 34.6 Å². The minimum Gasteiger partial charge on any atom is -0.336 e. The number of nitrogens with zero attached hydrogens (tertiary/aromatic N) is 6. The number of Topliss-reactive ketones (excluding diaryl/α,β-unsaturated/α-hetero) is 1. The number of aromatic nitrogens is 4. The van der Waals surface area contributed by atoms with Gasteiger partial charge in [0.05, 0.1) is 28.0 Å². The Morgan fingerprint density at radius 1 is 1.19 bits per heavy atom. The van der Waals surface area contributed by atoms with E-state index in [-0.39, 0.29) is 11.8 Å². The first-order chi connectivity index (χ1) is 18.0. The van der Waals surface area contributed by atoms with Crippen molar-refractivity contribution in [2.75, 3.05) is 31.1 Å². The van der Waals surface area contributed by atoms with Crippen molar-refractivity contribution in [3.63, 3.8) is 0 Å². The van der Waals surface area contributed by atoms with E-state index in [0.29, 0.717) is 53.8 Å². The molecule has 37 heavy (non-hydrogen) atoms. The predicted octanol–water partition coefficient (Wildman–Crippen LogP) is 4.74. The highest BCUT2D eigenvalue weighted by Crippen LogP contribution is 2.30. The Kier molecular flexibility index (Phi) is 7.29. The van der Waals surface area contributed by atoms with Gasteiger partial charge >= 0.3 is 6.03 Å². The number of carbonyl (C=O) groups is 2. The maximum Gasteiger partial charge on any atom is 0.323 e. The van der Waals surface area contributed by atoms with Crippen LogP contribution in [0.5, 0.6) is 0 Å². The molecular formula is C27H31N7O2S. The fourth-order valence-electron chi connectivity index (χ4n) is 4.77. The maximum absolute atomic E-state index is 13.4. The monoisotopic (exact) mass is 517 g/mol. The number of nitrogens with one attached hydrogen (secondary N) is 1. The van der Waals surface area contributed by atoms with E-state index in [1.54, 1.807) is 39.1 Å². The third-order valence-corrected chi connectivity index (χ3v) is 7.80. The van der Waals surface area contributed by atoms with Gasteiger partial charge in [-0.25, -0.2) is 19.3 Å². The van der Waals surface area contributed by atoms with Gasteiger partial charge in [0.2, 0.25) is 0 Å². The zero-order valence-corrected chi connectivity index (χ0v) is 22.2. The van der Waals surface area contributed by atoms with Gasteiger partial charge in [0.1, 0.15) is 5.82 Å². The molecule has 0 aliphatic carbocycles. The van der Waals surface area contributed by atoms with Crippen LogP contribution in [0.4, 0.5) is 10.6 Å². The Morgan fingerprint density at radius 3 is 2.73 bits per heavy atom. The summed E-state index contributed by atoms with van der Waals surface area (Å²) in [5.74, 6) is 0.494. The molecule has 0 radical (unpaired) electrons. The lowest BCUT2D eigenvalue weighted by atomic mass is 10.0. The number of hydrogen-bond donors (Lipinski definition) is 1. The van der Waals surface area contributed by atoms with E-state index in [4.69, 9.17) is 9.97 Å². The van der Waals surface area contributed by atoms with E-state index in [1.165, 1.54) is 0 Å². The predicted molar refractivity (Wildman–Crippen MR) is 146 cm³/mol. The Hall–Kier alpha value is -3.63. The summed E-state index contributed by atoms with van der Waals surface area (Å²) in [5, 5.41) is 9.30. The molecule has 0 unspecified atom stereocenters. The molecule has 4 aromatic rings. The zero-order valence-electron chi connectivity index (χ0n) is 21.3. The van der Waals surface area contributed by atoms with Crippen LogP contribution in [0.25, 0.3) is 27.5 Å². The topological polar surface area (TPSA) is 95.7 Å². The van der Waals surface area contributed by atoms with E-state index in [0.717, 1.165) is 30.1 Å². The number of rotatable bonds is 10. The maximum atomic E-state index is 13.4.